The van der Waals surface area contributed by atoms with Crippen molar-refractivity contribution in [1.82, 2.24) is 20.3 Å². The number of hydrogen-bond acceptors (Lipinski definition) is 5. The monoisotopic (exact) mass is 368 g/mol. The molecule has 138 valence electrons. The number of rotatable bonds is 8. The molecule has 0 saturated carbocycles. The Morgan fingerprint density at radius 2 is 2.04 bits per heavy atom. The second kappa shape index (κ2) is 8.93. The number of benzene rings is 1. The summed E-state index contributed by atoms with van der Waals surface area (Å²) in [6.45, 7) is 1.80. The Hall–Kier alpha value is -1.97. The van der Waals surface area contributed by atoms with Crippen LogP contribution >= 0.6 is 0 Å². The minimum Gasteiger partial charge on any atom is -0.355 e. The molecule has 0 aliphatic carbocycles. The van der Waals surface area contributed by atoms with Crippen LogP contribution in [0.25, 0.3) is 0 Å². The first-order valence-electron chi connectivity index (χ1n) is 8.15. The van der Waals surface area contributed by atoms with Gasteiger partial charge in [-0.15, -0.1) is 0 Å². The molecule has 1 saturated heterocycles. The second-order valence-electron chi connectivity index (χ2n) is 5.84. The quantitative estimate of drug-likeness (QED) is 0.548. The van der Waals surface area contributed by atoms with Crippen molar-refractivity contribution in [2.24, 2.45) is 0 Å². The van der Waals surface area contributed by atoms with Crippen LogP contribution in [0.5, 0.6) is 0 Å². The summed E-state index contributed by atoms with van der Waals surface area (Å²) in [7, 11) is -2.04. The molecule has 1 heterocycles. The van der Waals surface area contributed by atoms with Crippen molar-refractivity contribution in [3.05, 3.63) is 35.9 Å². The third-order valence-electron chi connectivity index (χ3n) is 4.05. The maximum absolute atomic E-state index is 12.2. The molecule has 1 atom stereocenters. The summed E-state index contributed by atoms with van der Waals surface area (Å²) >= 11 is 0. The highest BCUT2D eigenvalue weighted by Gasteiger charge is 2.31. The number of piperazine rings is 1. The molecule has 1 aromatic carbocycles. The molecule has 2 amide bonds. The lowest BCUT2D eigenvalue weighted by atomic mass is 10.1. The van der Waals surface area contributed by atoms with E-state index >= 15 is 0 Å². The summed E-state index contributed by atoms with van der Waals surface area (Å²) in [5, 5.41) is 5.34. The minimum absolute atomic E-state index is 0.00172. The number of nitrogens with zero attached hydrogens (tertiary/aromatic N) is 1. The van der Waals surface area contributed by atoms with Crippen molar-refractivity contribution in [2.45, 2.75) is 19.0 Å². The summed E-state index contributed by atoms with van der Waals surface area (Å²) in [6.07, 6.45) is -0.00172. The molecule has 25 heavy (non-hydrogen) atoms. The highest BCUT2D eigenvalue weighted by molar-refractivity contribution is 7.89. The Balaban J connectivity index is 1.91. The van der Waals surface area contributed by atoms with Crippen LogP contribution in [0.3, 0.4) is 0 Å². The van der Waals surface area contributed by atoms with E-state index in [2.05, 4.69) is 15.4 Å². The number of sulfonamides is 1. The second-order valence-corrected chi connectivity index (χ2v) is 7.89. The fraction of sp³-hybridized carbons (Fsp3) is 0.500. The molecule has 0 aromatic heterocycles. The lowest BCUT2D eigenvalue weighted by Crippen LogP contribution is -2.56. The zero-order chi connectivity index (χ0) is 18.3. The molecule has 1 aliphatic heterocycles. The maximum atomic E-state index is 12.2. The fourth-order valence-electron chi connectivity index (χ4n) is 2.67. The van der Waals surface area contributed by atoms with E-state index in [0.29, 0.717) is 19.6 Å². The molecular weight excluding hydrogens is 344 g/mol. The average molecular weight is 368 g/mol. The van der Waals surface area contributed by atoms with Crippen LogP contribution in [0.1, 0.15) is 12.0 Å². The van der Waals surface area contributed by atoms with E-state index in [9.17, 15) is 18.0 Å². The number of hydrogen-bond donors (Lipinski definition) is 3. The van der Waals surface area contributed by atoms with Gasteiger partial charge in [-0.2, -0.15) is 0 Å². The van der Waals surface area contributed by atoms with Crippen molar-refractivity contribution in [1.29, 1.82) is 0 Å². The molecule has 0 unspecified atom stereocenters. The molecule has 2 rings (SSSR count). The molecule has 0 spiro atoms. The van der Waals surface area contributed by atoms with E-state index in [4.69, 9.17) is 0 Å². The average Bonchev–Trinajstić information content (AvgIpc) is 2.59. The summed E-state index contributed by atoms with van der Waals surface area (Å²) in [6, 6.07) is 9.19. The largest absolute Gasteiger partial charge is 0.355 e. The van der Waals surface area contributed by atoms with E-state index in [0.717, 1.165) is 5.56 Å². The molecule has 1 aliphatic rings. The van der Waals surface area contributed by atoms with Crippen molar-refractivity contribution in [3.63, 3.8) is 0 Å². The fourth-order valence-corrected chi connectivity index (χ4v) is 3.24. The first-order valence-corrected chi connectivity index (χ1v) is 9.80. The van der Waals surface area contributed by atoms with Gasteiger partial charge in [0.1, 0.15) is 0 Å². The third-order valence-corrected chi connectivity index (χ3v) is 5.42. The van der Waals surface area contributed by atoms with Gasteiger partial charge < -0.3 is 10.6 Å². The Morgan fingerprint density at radius 1 is 1.32 bits per heavy atom. The minimum atomic E-state index is -3.36. The summed E-state index contributed by atoms with van der Waals surface area (Å²) in [4.78, 5) is 26.2. The van der Waals surface area contributed by atoms with Gasteiger partial charge in [0.05, 0.1) is 18.2 Å². The zero-order valence-electron chi connectivity index (χ0n) is 14.2. The van der Waals surface area contributed by atoms with Crippen LogP contribution in [0.15, 0.2) is 30.3 Å². The van der Waals surface area contributed by atoms with Crippen molar-refractivity contribution >= 4 is 21.8 Å². The third kappa shape index (κ3) is 6.11. The van der Waals surface area contributed by atoms with E-state index in [1.165, 1.54) is 7.05 Å². The lowest BCUT2D eigenvalue weighted by Gasteiger charge is -2.34. The lowest BCUT2D eigenvalue weighted by molar-refractivity contribution is -0.134. The van der Waals surface area contributed by atoms with Crippen molar-refractivity contribution in [2.75, 3.05) is 32.4 Å². The molecule has 8 nitrogen and oxygen atoms in total. The van der Waals surface area contributed by atoms with Crippen LogP contribution in [0.2, 0.25) is 0 Å². The number of carbonyl (C=O) groups is 2. The first-order chi connectivity index (χ1) is 11.9. The number of nitrogens with one attached hydrogen (secondary N) is 3. The Kier molecular flexibility index (Phi) is 6.91. The van der Waals surface area contributed by atoms with Crippen LogP contribution in [0, 0.1) is 0 Å². The topological polar surface area (TPSA) is 108 Å². The van der Waals surface area contributed by atoms with Gasteiger partial charge in [0.25, 0.3) is 0 Å². The molecule has 1 aromatic rings. The van der Waals surface area contributed by atoms with Crippen molar-refractivity contribution in [3.8, 4) is 0 Å². The van der Waals surface area contributed by atoms with Gasteiger partial charge in [-0.1, -0.05) is 30.3 Å². The molecule has 0 radical (unpaired) electrons. The van der Waals surface area contributed by atoms with Gasteiger partial charge in [-0.3, -0.25) is 14.5 Å². The maximum Gasteiger partial charge on any atom is 0.237 e. The van der Waals surface area contributed by atoms with Gasteiger partial charge in [0, 0.05) is 26.2 Å². The van der Waals surface area contributed by atoms with Crippen LogP contribution in [-0.4, -0.2) is 63.6 Å². The Morgan fingerprint density at radius 3 is 2.72 bits per heavy atom. The van der Waals surface area contributed by atoms with E-state index < -0.39 is 16.1 Å². The summed E-state index contributed by atoms with van der Waals surface area (Å²) in [5.74, 6) is -0.716. The van der Waals surface area contributed by atoms with E-state index in [1.807, 2.05) is 35.2 Å². The predicted octanol–water partition coefficient (Wildman–Crippen LogP) is -0.957. The van der Waals surface area contributed by atoms with Crippen molar-refractivity contribution < 1.29 is 18.0 Å². The molecular formula is C16H24N4O4S. The standard InChI is InChI=1S/C16H24N4O4S/c1-17-25(23,24)10-8-18-15(21)11-14-16(22)19-7-9-20(14)12-13-5-3-2-4-6-13/h2-6,14,17H,7-12H2,1H3,(H,18,21)(H,19,22)/t14-/m1/s1. The number of amides is 2. The van der Waals surface area contributed by atoms with Gasteiger partial charge in [-0.25, -0.2) is 13.1 Å². The predicted molar refractivity (Wildman–Crippen MR) is 94.1 cm³/mol. The van der Waals surface area contributed by atoms with E-state index in [-0.39, 0.29) is 30.5 Å². The normalized spacial score (nSPS) is 18.6. The van der Waals surface area contributed by atoms with Gasteiger partial charge in [0.2, 0.25) is 21.8 Å². The highest BCUT2D eigenvalue weighted by atomic mass is 32.2. The van der Waals surface area contributed by atoms with Crippen LogP contribution < -0.4 is 15.4 Å². The smallest absolute Gasteiger partial charge is 0.237 e. The SMILES string of the molecule is CNS(=O)(=O)CCNC(=O)C[C@@H]1C(=O)NCCN1Cc1ccccc1. The van der Waals surface area contributed by atoms with Gasteiger partial charge >= 0.3 is 0 Å². The van der Waals surface area contributed by atoms with Crippen LogP contribution in [-0.2, 0) is 26.2 Å². The molecule has 1 fully saturated rings. The molecule has 9 heteroatoms. The Bertz CT molecular complexity index is 693. The summed E-state index contributed by atoms with van der Waals surface area (Å²) < 4.78 is 24.9. The summed E-state index contributed by atoms with van der Waals surface area (Å²) in [5.41, 5.74) is 1.07. The number of carbonyl (C=O) groups excluding carboxylic acids is 2. The molecule has 3 N–H and O–H groups in total. The zero-order valence-corrected chi connectivity index (χ0v) is 15.0. The van der Waals surface area contributed by atoms with Crippen LogP contribution in [0.4, 0.5) is 0 Å². The first kappa shape index (κ1) is 19.4. The van der Waals surface area contributed by atoms with Gasteiger partial charge in [0.15, 0.2) is 0 Å². The molecule has 0 bridgehead atoms. The van der Waals surface area contributed by atoms with Gasteiger partial charge in [-0.05, 0) is 12.6 Å². The van der Waals surface area contributed by atoms with E-state index in [1.54, 1.807) is 0 Å². The highest BCUT2D eigenvalue weighted by Crippen LogP contribution is 2.13. The Labute approximate surface area is 148 Å².